The van der Waals surface area contributed by atoms with Gasteiger partial charge in [-0.15, -0.1) is 0 Å². The Bertz CT molecular complexity index is 328. The Labute approximate surface area is 77.0 Å². The van der Waals surface area contributed by atoms with Gasteiger partial charge in [0, 0.05) is 26.2 Å². The molecular weight excluding hydrogens is 164 g/mol. The molecule has 3 rings (SSSR count). The van der Waals surface area contributed by atoms with Crippen LogP contribution < -0.4 is 5.32 Å². The van der Waals surface area contributed by atoms with E-state index >= 15 is 0 Å². The van der Waals surface area contributed by atoms with Crippen molar-refractivity contribution in [1.29, 1.82) is 0 Å². The SMILES string of the molecule is CN1Cc2nc3c(nc2C1)CNC3. The first-order chi connectivity index (χ1) is 6.33. The van der Waals surface area contributed by atoms with Crippen molar-refractivity contribution in [3.63, 3.8) is 0 Å². The van der Waals surface area contributed by atoms with Crippen molar-refractivity contribution in [3.05, 3.63) is 22.8 Å². The lowest BCUT2D eigenvalue weighted by atomic mass is 10.3. The molecule has 0 radical (unpaired) electrons. The monoisotopic (exact) mass is 176 g/mol. The molecule has 0 aliphatic carbocycles. The minimum absolute atomic E-state index is 0.888. The summed E-state index contributed by atoms with van der Waals surface area (Å²) in [7, 11) is 2.10. The van der Waals surface area contributed by atoms with Crippen LogP contribution in [0.2, 0.25) is 0 Å². The highest BCUT2D eigenvalue weighted by Gasteiger charge is 2.23. The summed E-state index contributed by atoms with van der Waals surface area (Å²) in [5.74, 6) is 0. The average Bonchev–Trinajstić information content (AvgIpc) is 2.63. The summed E-state index contributed by atoms with van der Waals surface area (Å²) in [6, 6.07) is 0. The molecule has 1 N–H and O–H groups in total. The van der Waals surface area contributed by atoms with Gasteiger partial charge in [-0.3, -0.25) is 14.9 Å². The summed E-state index contributed by atoms with van der Waals surface area (Å²) in [6.45, 7) is 3.68. The van der Waals surface area contributed by atoms with Gasteiger partial charge in [-0.05, 0) is 7.05 Å². The van der Waals surface area contributed by atoms with Crippen LogP contribution in [0, 0.1) is 0 Å². The summed E-state index contributed by atoms with van der Waals surface area (Å²) in [5.41, 5.74) is 4.64. The molecular formula is C9H12N4. The molecule has 0 saturated carbocycles. The first kappa shape index (κ1) is 7.41. The van der Waals surface area contributed by atoms with Crippen LogP contribution >= 0.6 is 0 Å². The van der Waals surface area contributed by atoms with Crippen molar-refractivity contribution in [2.75, 3.05) is 7.05 Å². The van der Waals surface area contributed by atoms with E-state index < -0.39 is 0 Å². The van der Waals surface area contributed by atoms with Crippen molar-refractivity contribution in [2.45, 2.75) is 26.2 Å². The molecule has 1 aromatic heterocycles. The summed E-state index contributed by atoms with van der Waals surface area (Å²) in [6.07, 6.45) is 0. The smallest absolute Gasteiger partial charge is 0.0776 e. The van der Waals surface area contributed by atoms with Crippen molar-refractivity contribution < 1.29 is 0 Å². The molecule has 13 heavy (non-hydrogen) atoms. The first-order valence-electron chi connectivity index (χ1n) is 4.60. The molecule has 68 valence electrons. The van der Waals surface area contributed by atoms with E-state index in [1.54, 1.807) is 0 Å². The van der Waals surface area contributed by atoms with E-state index in [0.29, 0.717) is 0 Å². The van der Waals surface area contributed by atoms with Gasteiger partial charge in [0.1, 0.15) is 0 Å². The fourth-order valence-electron chi connectivity index (χ4n) is 1.99. The molecule has 4 heteroatoms. The predicted molar refractivity (Wildman–Crippen MR) is 47.7 cm³/mol. The molecule has 0 unspecified atom stereocenters. The second-order valence-electron chi connectivity index (χ2n) is 3.79. The lowest BCUT2D eigenvalue weighted by molar-refractivity contribution is 0.349. The van der Waals surface area contributed by atoms with E-state index in [-0.39, 0.29) is 0 Å². The number of rotatable bonds is 0. The molecule has 0 amide bonds. The summed E-state index contributed by atoms with van der Waals surface area (Å²) in [4.78, 5) is 11.5. The van der Waals surface area contributed by atoms with Gasteiger partial charge in [0.2, 0.25) is 0 Å². The average molecular weight is 176 g/mol. The van der Waals surface area contributed by atoms with E-state index in [2.05, 4.69) is 27.2 Å². The fourth-order valence-corrected chi connectivity index (χ4v) is 1.99. The summed E-state index contributed by atoms with van der Waals surface area (Å²) < 4.78 is 0. The zero-order valence-corrected chi connectivity index (χ0v) is 7.67. The molecule has 0 aromatic carbocycles. The standard InChI is InChI=1S/C9H12N4/c1-13-4-8-9(5-13)12-7-3-10-2-6(7)11-8/h10H,2-5H2,1H3. The molecule has 2 aliphatic rings. The minimum Gasteiger partial charge on any atom is -0.305 e. The number of nitrogens with zero attached hydrogens (tertiary/aromatic N) is 3. The fraction of sp³-hybridized carbons (Fsp3) is 0.556. The van der Waals surface area contributed by atoms with Crippen LogP contribution in [0.3, 0.4) is 0 Å². The van der Waals surface area contributed by atoms with Gasteiger partial charge in [-0.2, -0.15) is 0 Å². The minimum atomic E-state index is 0.888. The van der Waals surface area contributed by atoms with Crippen LogP contribution in [0.5, 0.6) is 0 Å². The van der Waals surface area contributed by atoms with Gasteiger partial charge < -0.3 is 5.32 Å². The molecule has 1 aromatic rings. The van der Waals surface area contributed by atoms with E-state index in [4.69, 9.17) is 0 Å². The predicted octanol–water partition coefficient (Wildman–Crippen LogP) is 0.0252. The van der Waals surface area contributed by atoms with Crippen LogP contribution in [0.15, 0.2) is 0 Å². The third-order valence-electron chi connectivity index (χ3n) is 2.63. The molecule has 4 nitrogen and oxygen atoms in total. The number of hydrogen-bond donors (Lipinski definition) is 1. The maximum absolute atomic E-state index is 4.62. The lowest BCUT2D eigenvalue weighted by Crippen LogP contribution is -2.08. The number of fused-ring (bicyclic) bond motifs is 2. The second-order valence-corrected chi connectivity index (χ2v) is 3.79. The van der Waals surface area contributed by atoms with Crippen molar-refractivity contribution in [2.24, 2.45) is 0 Å². The van der Waals surface area contributed by atoms with Gasteiger partial charge >= 0.3 is 0 Å². The molecule has 3 heterocycles. The Morgan fingerprint density at radius 3 is 2.08 bits per heavy atom. The highest BCUT2D eigenvalue weighted by molar-refractivity contribution is 5.25. The van der Waals surface area contributed by atoms with E-state index in [0.717, 1.165) is 37.6 Å². The molecule has 2 aliphatic heterocycles. The Hall–Kier alpha value is -1.00. The molecule has 0 atom stereocenters. The van der Waals surface area contributed by atoms with Gasteiger partial charge in [-0.1, -0.05) is 0 Å². The Morgan fingerprint density at radius 1 is 1.00 bits per heavy atom. The molecule has 0 saturated heterocycles. The van der Waals surface area contributed by atoms with Crippen LogP contribution in [0.1, 0.15) is 22.8 Å². The number of hydrogen-bond acceptors (Lipinski definition) is 4. The van der Waals surface area contributed by atoms with Crippen molar-refractivity contribution in [1.82, 2.24) is 20.2 Å². The highest BCUT2D eigenvalue weighted by Crippen LogP contribution is 2.20. The van der Waals surface area contributed by atoms with Crippen molar-refractivity contribution in [3.8, 4) is 0 Å². The molecule has 0 fully saturated rings. The van der Waals surface area contributed by atoms with Crippen LogP contribution in [-0.4, -0.2) is 21.9 Å². The molecule has 0 spiro atoms. The summed E-state index contributed by atoms with van der Waals surface area (Å²) >= 11 is 0. The summed E-state index contributed by atoms with van der Waals surface area (Å²) in [5, 5.41) is 3.26. The van der Waals surface area contributed by atoms with Gasteiger partial charge in [-0.25, -0.2) is 0 Å². The quantitative estimate of drug-likeness (QED) is 0.605. The van der Waals surface area contributed by atoms with Gasteiger partial charge in [0.05, 0.1) is 22.8 Å². The van der Waals surface area contributed by atoms with E-state index in [1.807, 2.05) is 0 Å². The Morgan fingerprint density at radius 2 is 1.54 bits per heavy atom. The van der Waals surface area contributed by atoms with Crippen LogP contribution in [-0.2, 0) is 26.2 Å². The van der Waals surface area contributed by atoms with Crippen LogP contribution in [0.25, 0.3) is 0 Å². The normalized spacial score (nSPS) is 20.4. The Kier molecular flexibility index (Phi) is 1.42. The zero-order chi connectivity index (χ0) is 8.84. The van der Waals surface area contributed by atoms with Gasteiger partial charge in [0.25, 0.3) is 0 Å². The molecule has 0 bridgehead atoms. The number of aromatic nitrogens is 2. The maximum atomic E-state index is 4.62. The highest BCUT2D eigenvalue weighted by atomic mass is 15.2. The first-order valence-corrected chi connectivity index (χ1v) is 4.60. The zero-order valence-electron chi connectivity index (χ0n) is 7.67. The van der Waals surface area contributed by atoms with Crippen LogP contribution in [0.4, 0.5) is 0 Å². The van der Waals surface area contributed by atoms with E-state index in [1.165, 1.54) is 11.4 Å². The number of nitrogens with one attached hydrogen (secondary N) is 1. The van der Waals surface area contributed by atoms with Crippen molar-refractivity contribution >= 4 is 0 Å². The third kappa shape index (κ3) is 1.06. The third-order valence-corrected chi connectivity index (χ3v) is 2.63. The van der Waals surface area contributed by atoms with E-state index in [9.17, 15) is 0 Å². The second kappa shape index (κ2) is 2.49. The Balaban J connectivity index is 2.10. The van der Waals surface area contributed by atoms with Gasteiger partial charge in [0.15, 0.2) is 0 Å². The largest absolute Gasteiger partial charge is 0.305 e. The topological polar surface area (TPSA) is 41.1 Å². The maximum Gasteiger partial charge on any atom is 0.0776 e. The lowest BCUT2D eigenvalue weighted by Gasteiger charge is -2.01.